The Hall–Kier alpha value is -1.26. The van der Waals surface area contributed by atoms with Crippen LogP contribution in [0.1, 0.15) is 33.6 Å². The number of carboxylic acids is 1. The van der Waals surface area contributed by atoms with Crippen LogP contribution in [0.15, 0.2) is 0 Å². The summed E-state index contributed by atoms with van der Waals surface area (Å²) in [5.41, 5.74) is -0.488. The Morgan fingerprint density at radius 2 is 1.76 bits per heavy atom. The van der Waals surface area contributed by atoms with Crippen LogP contribution in [-0.2, 0) is 9.53 Å². The number of alkyl carbamates (subject to hydrolysis) is 1. The van der Waals surface area contributed by atoms with Crippen LogP contribution >= 0.6 is 0 Å². The van der Waals surface area contributed by atoms with Gasteiger partial charge < -0.3 is 15.2 Å². The highest BCUT2D eigenvalue weighted by Crippen LogP contribution is 2.54. The lowest BCUT2D eigenvalue weighted by Crippen LogP contribution is -2.35. The molecule has 0 aliphatic heterocycles. The van der Waals surface area contributed by atoms with Crippen LogP contribution in [-0.4, -0.2) is 28.8 Å². The van der Waals surface area contributed by atoms with Crippen molar-refractivity contribution in [3.05, 3.63) is 0 Å². The quantitative estimate of drug-likeness (QED) is 0.770. The Morgan fingerprint density at radius 1 is 1.24 bits per heavy atom. The van der Waals surface area contributed by atoms with Crippen LogP contribution in [0, 0.1) is 17.8 Å². The van der Waals surface area contributed by atoms with Crippen molar-refractivity contribution in [2.75, 3.05) is 0 Å². The second-order valence-corrected chi connectivity index (χ2v) is 6.01. The highest BCUT2D eigenvalue weighted by atomic mass is 16.6. The lowest BCUT2D eigenvalue weighted by Gasteiger charge is -2.20. The van der Waals surface area contributed by atoms with Gasteiger partial charge in [0.2, 0.25) is 0 Å². The molecule has 17 heavy (non-hydrogen) atoms. The summed E-state index contributed by atoms with van der Waals surface area (Å²) >= 11 is 0. The Morgan fingerprint density at radius 3 is 2.18 bits per heavy atom. The van der Waals surface area contributed by atoms with Crippen molar-refractivity contribution in [2.45, 2.75) is 45.3 Å². The maximum Gasteiger partial charge on any atom is 0.407 e. The first-order valence-electron chi connectivity index (χ1n) is 6.00. The summed E-state index contributed by atoms with van der Waals surface area (Å²) in [6.45, 7) is 5.46. The van der Waals surface area contributed by atoms with Gasteiger partial charge in [0.15, 0.2) is 0 Å². The standard InChI is InChI=1S/C12H19NO4/c1-12(2,3)17-11(16)13-9-7-4-6(10(14)15)5-8(7)9/h6-9H,4-5H2,1-3H3,(H,13,16)(H,14,15). The number of amides is 1. The van der Waals surface area contributed by atoms with Gasteiger partial charge in [-0.2, -0.15) is 0 Å². The molecule has 2 aliphatic rings. The average Bonchev–Trinajstić information content (AvgIpc) is 2.59. The summed E-state index contributed by atoms with van der Waals surface area (Å²) in [4.78, 5) is 22.3. The topological polar surface area (TPSA) is 75.6 Å². The van der Waals surface area contributed by atoms with E-state index in [9.17, 15) is 9.59 Å². The minimum Gasteiger partial charge on any atom is -0.481 e. The van der Waals surface area contributed by atoms with Gasteiger partial charge in [0.1, 0.15) is 5.60 Å². The second kappa shape index (κ2) is 3.89. The minimum atomic E-state index is -0.715. The molecule has 0 aromatic heterocycles. The zero-order chi connectivity index (χ0) is 12.8. The van der Waals surface area contributed by atoms with E-state index >= 15 is 0 Å². The smallest absolute Gasteiger partial charge is 0.407 e. The normalized spacial score (nSPS) is 35.0. The molecular formula is C12H19NO4. The zero-order valence-electron chi connectivity index (χ0n) is 10.4. The van der Waals surface area contributed by atoms with Crippen molar-refractivity contribution >= 4 is 12.1 Å². The molecular weight excluding hydrogens is 222 g/mol. The van der Waals surface area contributed by atoms with E-state index in [1.54, 1.807) is 0 Å². The van der Waals surface area contributed by atoms with Crippen molar-refractivity contribution in [1.29, 1.82) is 0 Å². The van der Waals surface area contributed by atoms with Crippen LogP contribution < -0.4 is 5.32 Å². The number of carboxylic acid groups (broad SMARTS) is 1. The summed E-state index contributed by atoms with van der Waals surface area (Å²) in [5.74, 6) is -0.262. The predicted molar refractivity (Wildman–Crippen MR) is 60.5 cm³/mol. The van der Waals surface area contributed by atoms with E-state index in [-0.39, 0.29) is 12.0 Å². The van der Waals surface area contributed by atoms with E-state index < -0.39 is 17.7 Å². The van der Waals surface area contributed by atoms with Crippen LogP contribution in [0.4, 0.5) is 4.79 Å². The van der Waals surface area contributed by atoms with E-state index in [0.29, 0.717) is 24.7 Å². The highest BCUT2D eigenvalue weighted by Gasteiger charge is 2.58. The van der Waals surface area contributed by atoms with E-state index in [2.05, 4.69) is 5.32 Å². The zero-order valence-corrected chi connectivity index (χ0v) is 10.4. The number of carbonyl (C=O) groups is 2. The van der Waals surface area contributed by atoms with Crippen molar-refractivity contribution < 1.29 is 19.4 Å². The van der Waals surface area contributed by atoms with Gasteiger partial charge in [0, 0.05) is 6.04 Å². The number of fused-ring (bicyclic) bond motifs is 1. The van der Waals surface area contributed by atoms with Gasteiger partial charge in [-0.3, -0.25) is 4.79 Å². The summed E-state index contributed by atoms with van der Waals surface area (Å²) in [6, 6.07) is 0.125. The lowest BCUT2D eigenvalue weighted by molar-refractivity contribution is -0.141. The highest BCUT2D eigenvalue weighted by molar-refractivity contribution is 5.72. The van der Waals surface area contributed by atoms with E-state index in [1.165, 1.54) is 0 Å². The number of ether oxygens (including phenoxy) is 1. The largest absolute Gasteiger partial charge is 0.481 e. The Bertz CT molecular complexity index is 335. The molecule has 0 saturated heterocycles. The van der Waals surface area contributed by atoms with Gasteiger partial charge in [-0.25, -0.2) is 4.79 Å². The van der Waals surface area contributed by atoms with Crippen molar-refractivity contribution in [3.63, 3.8) is 0 Å². The first kappa shape index (κ1) is 12.2. The molecule has 5 nitrogen and oxygen atoms in total. The van der Waals surface area contributed by atoms with Crippen molar-refractivity contribution in [2.24, 2.45) is 17.8 Å². The maximum absolute atomic E-state index is 11.5. The minimum absolute atomic E-state index is 0.125. The van der Waals surface area contributed by atoms with Gasteiger partial charge in [0.05, 0.1) is 5.92 Å². The fourth-order valence-electron chi connectivity index (χ4n) is 2.70. The molecule has 2 atom stereocenters. The number of rotatable bonds is 2. The second-order valence-electron chi connectivity index (χ2n) is 6.01. The Balaban J connectivity index is 1.75. The molecule has 5 heteroatoms. The van der Waals surface area contributed by atoms with Crippen LogP contribution in [0.25, 0.3) is 0 Å². The van der Waals surface area contributed by atoms with Crippen LogP contribution in [0.3, 0.4) is 0 Å². The molecule has 2 rings (SSSR count). The summed E-state index contributed by atoms with van der Waals surface area (Å²) in [6.07, 6.45) is 0.963. The third-order valence-corrected chi connectivity index (χ3v) is 3.48. The summed E-state index contributed by atoms with van der Waals surface area (Å²) in [7, 11) is 0. The third-order valence-electron chi connectivity index (χ3n) is 3.48. The fourth-order valence-corrected chi connectivity index (χ4v) is 2.70. The van der Waals surface area contributed by atoms with Gasteiger partial charge >= 0.3 is 12.1 Å². The first-order valence-corrected chi connectivity index (χ1v) is 6.00. The number of hydrogen-bond acceptors (Lipinski definition) is 3. The predicted octanol–water partition coefficient (Wildman–Crippen LogP) is 1.62. The molecule has 96 valence electrons. The first-order chi connectivity index (χ1) is 7.78. The van der Waals surface area contributed by atoms with E-state index in [1.807, 2.05) is 20.8 Å². The van der Waals surface area contributed by atoms with Gasteiger partial charge in [-0.1, -0.05) is 0 Å². The molecule has 0 aromatic rings. The maximum atomic E-state index is 11.5. The molecule has 2 aliphatic carbocycles. The molecule has 2 unspecified atom stereocenters. The molecule has 0 heterocycles. The SMILES string of the molecule is CC(C)(C)OC(=O)NC1C2CC(C(=O)O)CC21. The van der Waals surface area contributed by atoms with Crippen molar-refractivity contribution in [1.82, 2.24) is 5.32 Å². The Labute approximate surface area is 101 Å². The number of nitrogens with one attached hydrogen (secondary N) is 1. The number of aliphatic carboxylic acids is 1. The molecule has 1 amide bonds. The molecule has 0 spiro atoms. The van der Waals surface area contributed by atoms with E-state index in [0.717, 1.165) is 0 Å². The average molecular weight is 241 g/mol. The third kappa shape index (κ3) is 2.70. The number of carbonyl (C=O) groups excluding carboxylic acids is 1. The molecule has 2 saturated carbocycles. The van der Waals surface area contributed by atoms with Crippen LogP contribution in [0.2, 0.25) is 0 Å². The molecule has 0 aromatic carbocycles. The summed E-state index contributed by atoms with van der Waals surface area (Å²) < 4.78 is 5.16. The molecule has 2 fully saturated rings. The summed E-state index contributed by atoms with van der Waals surface area (Å²) in [5, 5.41) is 11.7. The van der Waals surface area contributed by atoms with Gasteiger partial charge in [-0.05, 0) is 45.4 Å². The Kier molecular flexibility index (Phi) is 2.79. The molecule has 0 radical (unpaired) electrons. The molecule has 0 bridgehead atoms. The van der Waals surface area contributed by atoms with Crippen molar-refractivity contribution in [3.8, 4) is 0 Å². The molecule has 2 N–H and O–H groups in total. The van der Waals surface area contributed by atoms with Gasteiger partial charge in [-0.15, -0.1) is 0 Å². The van der Waals surface area contributed by atoms with Gasteiger partial charge in [0.25, 0.3) is 0 Å². The van der Waals surface area contributed by atoms with E-state index in [4.69, 9.17) is 9.84 Å². The number of hydrogen-bond donors (Lipinski definition) is 2. The lowest BCUT2D eigenvalue weighted by atomic mass is 10.0. The van der Waals surface area contributed by atoms with Crippen LogP contribution in [0.5, 0.6) is 0 Å². The monoisotopic (exact) mass is 241 g/mol. The fraction of sp³-hybridized carbons (Fsp3) is 0.833.